The van der Waals surface area contributed by atoms with Crippen LogP contribution in [0.2, 0.25) is 0 Å². The number of benzene rings is 2. The van der Waals surface area contributed by atoms with Gasteiger partial charge in [-0.3, -0.25) is 0 Å². The summed E-state index contributed by atoms with van der Waals surface area (Å²) in [5.41, 5.74) is 3.11. The highest BCUT2D eigenvalue weighted by molar-refractivity contribution is 5.74. The van der Waals surface area contributed by atoms with Crippen LogP contribution in [-0.4, -0.2) is 40.1 Å². The molecule has 5 heteroatoms. The van der Waals surface area contributed by atoms with Gasteiger partial charge in [-0.2, -0.15) is 0 Å². The molecule has 4 nitrogen and oxygen atoms in total. The number of aryl methyl sites for hydroxylation is 2. The third-order valence-corrected chi connectivity index (χ3v) is 7.01. The van der Waals surface area contributed by atoms with Crippen molar-refractivity contribution in [2.45, 2.75) is 51.6 Å². The number of nitrogens with zero attached hydrogens (tertiary/aromatic N) is 2. The number of para-hydroxylation sites is 2. The molecule has 2 N–H and O–H groups in total. The van der Waals surface area contributed by atoms with Crippen LogP contribution in [0.4, 0.5) is 4.39 Å². The number of nitrogens with one attached hydrogen (secondary N) is 1. The highest BCUT2D eigenvalue weighted by atomic mass is 19.1. The number of H-pyrrole nitrogens is 1. The molecule has 1 aromatic heterocycles. The van der Waals surface area contributed by atoms with Gasteiger partial charge in [-0.05, 0) is 93.0 Å². The third kappa shape index (κ3) is 4.53. The Morgan fingerprint density at radius 2 is 2.03 bits per heavy atom. The minimum absolute atomic E-state index is 0.0837. The van der Waals surface area contributed by atoms with Crippen LogP contribution in [0.25, 0.3) is 11.0 Å². The molecule has 4 rings (SSSR count). The lowest BCUT2D eigenvalue weighted by Gasteiger charge is -2.45. The zero-order chi connectivity index (χ0) is 22.0. The molecule has 3 aromatic rings. The Morgan fingerprint density at radius 3 is 2.81 bits per heavy atom. The summed E-state index contributed by atoms with van der Waals surface area (Å²) in [5, 5.41) is 11.7. The monoisotopic (exact) mass is 423 g/mol. The molecule has 1 aliphatic rings. The minimum atomic E-state index is -0.892. The van der Waals surface area contributed by atoms with Gasteiger partial charge in [0.2, 0.25) is 0 Å². The first-order valence-corrected chi connectivity index (χ1v) is 11.5. The number of halogens is 1. The number of rotatable bonds is 8. The Balaban J connectivity index is 1.32. The molecule has 0 radical (unpaired) electrons. The summed E-state index contributed by atoms with van der Waals surface area (Å²) in [4.78, 5) is 10.4. The number of aromatic amines is 1. The van der Waals surface area contributed by atoms with Gasteiger partial charge in [0, 0.05) is 6.42 Å². The summed E-state index contributed by atoms with van der Waals surface area (Å²) < 4.78 is 13.7. The highest BCUT2D eigenvalue weighted by Gasteiger charge is 2.44. The summed E-state index contributed by atoms with van der Waals surface area (Å²) >= 11 is 0. The van der Waals surface area contributed by atoms with Crippen molar-refractivity contribution < 1.29 is 9.50 Å². The Kier molecular flexibility index (Phi) is 6.44. The molecule has 0 aliphatic heterocycles. The number of fused-ring (bicyclic) bond motifs is 2. The van der Waals surface area contributed by atoms with Crippen molar-refractivity contribution in [1.82, 2.24) is 14.9 Å². The van der Waals surface area contributed by atoms with E-state index in [9.17, 15) is 9.50 Å². The van der Waals surface area contributed by atoms with Gasteiger partial charge in [0.05, 0.1) is 16.6 Å². The largest absolute Gasteiger partial charge is 0.385 e. The number of imidazole rings is 1. The van der Waals surface area contributed by atoms with Crippen LogP contribution in [0.15, 0.2) is 42.5 Å². The van der Waals surface area contributed by atoms with Gasteiger partial charge in [0.1, 0.15) is 11.6 Å². The lowest BCUT2D eigenvalue weighted by molar-refractivity contribution is -0.0797. The molecular weight excluding hydrogens is 389 g/mol. The summed E-state index contributed by atoms with van der Waals surface area (Å²) in [6.07, 6.45) is 4.64. The lowest BCUT2D eigenvalue weighted by atomic mass is 9.65. The summed E-state index contributed by atoms with van der Waals surface area (Å²) in [6.45, 7) is 6.08. The van der Waals surface area contributed by atoms with Crippen LogP contribution in [0, 0.1) is 17.7 Å². The second-order valence-corrected chi connectivity index (χ2v) is 9.41. The average Bonchev–Trinajstić information content (AvgIpc) is 3.15. The van der Waals surface area contributed by atoms with E-state index in [0.717, 1.165) is 73.2 Å². The van der Waals surface area contributed by atoms with Gasteiger partial charge in [-0.1, -0.05) is 32.0 Å². The minimum Gasteiger partial charge on any atom is -0.385 e. The quantitative estimate of drug-likeness (QED) is 0.532. The van der Waals surface area contributed by atoms with Gasteiger partial charge in [-0.25, -0.2) is 9.37 Å². The van der Waals surface area contributed by atoms with E-state index in [1.807, 2.05) is 18.2 Å². The van der Waals surface area contributed by atoms with Crippen molar-refractivity contribution >= 4 is 11.0 Å². The summed E-state index contributed by atoms with van der Waals surface area (Å²) in [5.74, 6) is 1.09. The van der Waals surface area contributed by atoms with Gasteiger partial charge in [-0.15, -0.1) is 0 Å². The smallest absolute Gasteiger partial charge is 0.123 e. The van der Waals surface area contributed by atoms with Gasteiger partial charge in [0.15, 0.2) is 0 Å². The molecule has 0 bridgehead atoms. The van der Waals surface area contributed by atoms with E-state index in [2.05, 4.69) is 41.8 Å². The molecule has 31 heavy (non-hydrogen) atoms. The summed E-state index contributed by atoms with van der Waals surface area (Å²) in [6, 6.07) is 13.0. The van der Waals surface area contributed by atoms with E-state index in [0.29, 0.717) is 0 Å². The highest BCUT2D eigenvalue weighted by Crippen LogP contribution is 2.46. The van der Waals surface area contributed by atoms with E-state index in [1.165, 1.54) is 6.07 Å². The molecule has 0 unspecified atom stereocenters. The van der Waals surface area contributed by atoms with Crippen molar-refractivity contribution in [3.05, 3.63) is 65.2 Å². The van der Waals surface area contributed by atoms with Crippen molar-refractivity contribution in [3.63, 3.8) is 0 Å². The second kappa shape index (κ2) is 9.09. The topological polar surface area (TPSA) is 52.1 Å². The number of hydrogen-bond acceptors (Lipinski definition) is 3. The van der Waals surface area contributed by atoms with Crippen molar-refractivity contribution in [2.75, 3.05) is 20.1 Å². The molecular formula is C26H34FN3O. The number of aliphatic hydroxyl groups is 1. The zero-order valence-electron chi connectivity index (χ0n) is 18.9. The fourth-order valence-corrected chi connectivity index (χ4v) is 5.20. The molecule has 0 spiro atoms. The Bertz CT molecular complexity index is 997. The van der Waals surface area contributed by atoms with Crippen LogP contribution >= 0.6 is 0 Å². The first-order valence-electron chi connectivity index (χ1n) is 11.5. The Hall–Kier alpha value is -2.24. The molecule has 2 atom stereocenters. The molecule has 0 amide bonds. The van der Waals surface area contributed by atoms with Crippen molar-refractivity contribution in [3.8, 4) is 0 Å². The maximum atomic E-state index is 13.7. The first kappa shape index (κ1) is 22.0. The van der Waals surface area contributed by atoms with E-state index < -0.39 is 5.60 Å². The summed E-state index contributed by atoms with van der Waals surface area (Å²) in [7, 11) is 2.15. The molecule has 1 heterocycles. The number of aromatic nitrogens is 2. The zero-order valence-corrected chi connectivity index (χ0v) is 18.9. The maximum absolute atomic E-state index is 13.7. The van der Waals surface area contributed by atoms with Gasteiger partial charge >= 0.3 is 0 Å². The number of hydrogen-bond donors (Lipinski definition) is 2. The molecule has 2 aromatic carbocycles. The van der Waals surface area contributed by atoms with Crippen LogP contribution in [0.1, 0.15) is 50.1 Å². The fraction of sp³-hybridized carbons (Fsp3) is 0.500. The van der Waals surface area contributed by atoms with Crippen LogP contribution < -0.4 is 0 Å². The predicted molar refractivity (Wildman–Crippen MR) is 123 cm³/mol. The lowest BCUT2D eigenvalue weighted by Crippen LogP contribution is -2.45. The molecule has 0 saturated heterocycles. The molecule has 1 aliphatic carbocycles. The van der Waals surface area contributed by atoms with E-state index in [-0.39, 0.29) is 17.7 Å². The van der Waals surface area contributed by atoms with E-state index >= 15 is 0 Å². The average molecular weight is 424 g/mol. The maximum Gasteiger partial charge on any atom is 0.123 e. The second-order valence-electron chi connectivity index (χ2n) is 9.41. The van der Waals surface area contributed by atoms with Gasteiger partial charge < -0.3 is 15.0 Å². The van der Waals surface area contributed by atoms with E-state index in [1.54, 1.807) is 12.1 Å². The Labute approximate surface area is 184 Å². The SMILES string of the molecule is CC(C)[C@@]1(O)c2ccc(F)cc2CC[C@H]1CCN(C)CCCc1nc2ccccc2[nH]1. The van der Waals surface area contributed by atoms with E-state index in [4.69, 9.17) is 0 Å². The van der Waals surface area contributed by atoms with Crippen LogP contribution in [0.5, 0.6) is 0 Å². The molecule has 0 fully saturated rings. The third-order valence-electron chi connectivity index (χ3n) is 7.01. The predicted octanol–water partition coefficient (Wildman–Crippen LogP) is 5.06. The Morgan fingerprint density at radius 1 is 1.23 bits per heavy atom. The standard InChI is InChI=1S/C26H34FN3O/c1-18(2)26(31)20(11-10-19-17-21(27)12-13-22(19)26)14-16-30(3)15-6-9-25-28-23-7-4-5-8-24(23)29-25/h4-5,7-8,12-13,17-18,20,31H,6,9-11,14-16H2,1-3H3,(H,28,29)/t20-,26-/m0/s1. The van der Waals surface area contributed by atoms with Gasteiger partial charge in [0.25, 0.3) is 0 Å². The van der Waals surface area contributed by atoms with Crippen molar-refractivity contribution in [1.29, 1.82) is 0 Å². The normalized spacial score (nSPS) is 21.2. The molecule has 0 saturated carbocycles. The molecule has 166 valence electrons. The van der Waals surface area contributed by atoms with Crippen LogP contribution in [0.3, 0.4) is 0 Å². The van der Waals surface area contributed by atoms with Crippen molar-refractivity contribution in [2.24, 2.45) is 11.8 Å². The first-order chi connectivity index (χ1) is 14.9. The van der Waals surface area contributed by atoms with Crippen LogP contribution in [-0.2, 0) is 18.4 Å². The fourth-order valence-electron chi connectivity index (χ4n) is 5.20.